The number of methoxy groups -OCH3 is 4. The molecule has 0 amide bonds. The fourth-order valence-corrected chi connectivity index (χ4v) is 0.201. The number of rotatable bonds is 4. The number of hydrogen-bond acceptors (Lipinski definition) is 4. The van der Waals surface area contributed by atoms with Crippen LogP contribution in [-0.4, -0.2) is 41.0 Å². The number of ether oxygens (including phenoxy) is 4. The van der Waals surface area contributed by atoms with Crippen LogP contribution in [0.1, 0.15) is 13.8 Å². The Morgan fingerprint density at radius 1 is 0.833 bits per heavy atom. The highest BCUT2D eigenvalue weighted by molar-refractivity contribution is 4.47. The van der Waals surface area contributed by atoms with Crippen LogP contribution in [-0.2, 0) is 18.9 Å². The third-order valence-corrected chi connectivity index (χ3v) is 1.22. The summed E-state index contributed by atoms with van der Waals surface area (Å²) in [6.07, 6.45) is 0. The maximum Gasteiger partial charge on any atom is 0.161 e. The van der Waals surface area contributed by atoms with Crippen molar-refractivity contribution in [2.75, 3.05) is 35.2 Å². The molecule has 12 heavy (non-hydrogen) atoms. The lowest BCUT2D eigenvalue weighted by molar-refractivity contribution is -0.178. The van der Waals surface area contributed by atoms with Crippen molar-refractivity contribution < 1.29 is 18.9 Å². The van der Waals surface area contributed by atoms with Crippen LogP contribution in [0.2, 0.25) is 0 Å². The lowest BCUT2D eigenvalue weighted by atomic mass is 10.4. The second kappa shape index (κ2) is 8.93. The molecule has 0 aromatic rings. The molecule has 4 nitrogen and oxygen atoms in total. The summed E-state index contributed by atoms with van der Waals surface area (Å²) in [5.41, 5.74) is 0. The summed E-state index contributed by atoms with van der Waals surface area (Å²) in [5.74, 6) is -0.417. The monoisotopic (exact) mass is 180 g/mol. The van der Waals surface area contributed by atoms with Crippen LogP contribution >= 0.6 is 0 Å². The lowest BCUT2D eigenvalue weighted by Gasteiger charge is -2.19. The van der Waals surface area contributed by atoms with Crippen molar-refractivity contribution in [2.24, 2.45) is 0 Å². The van der Waals surface area contributed by atoms with Crippen LogP contribution < -0.4 is 0 Å². The minimum absolute atomic E-state index is 0.389. The molecule has 0 aliphatic carbocycles. The first kappa shape index (κ1) is 14.4. The standard InChI is InChI=1S/C5H12O2.C3H8O2/c1-5(2,6-3)7-4;1-4-3-5-2/h1-4H3;3H2,1-2H3. The van der Waals surface area contributed by atoms with Gasteiger partial charge >= 0.3 is 0 Å². The van der Waals surface area contributed by atoms with Gasteiger partial charge in [-0.15, -0.1) is 0 Å². The molecule has 76 valence electrons. The third kappa shape index (κ3) is 12.5. The smallest absolute Gasteiger partial charge is 0.161 e. The van der Waals surface area contributed by atoms with E-state index in [1.54, 1.807) is 28.4 Å². The quantitative estimate of drug-likeness (QED) is 0.610. The summed E-state index contributed by atoms with van der Waals surface area (Å²) in [5, 5.41) is 0. The van der Waals surface area contributed by atoms with Gasteiger partial charge in [-0.3, -0.25) is 0 Å². The van der Waals surface area contributed by atoms with Crippen molar-refractivity contribution in [2.45, 2.75) is 19.6 Å². The molecule has 0 saturated carbocycles. The molecule has 0 fully saturated rings. The zero-order valence-corrected chi connectivity index (χ0v) is 8.84. The molecular formula is C8H20O4. The van der Waals surface area contributed by atoms with E-state index in [-0.39, 0.29) is 0 Å². The van der Waals surface area contributed by atoms with Crippen molar-refractivity contribution in [1.82, 2.24) is 0 Å². The molecule has 0 bridgehead atoms. The fraction of sp³-hybridized carbons (Fsp3) is 1.00. The predicted octanol–water partition coefficient (Wildman–Crippen LogP) is 1.25. The molecule has 0 saturated heterocycles. The van der Waals surface area contributed by atoms with Crippen LogP contribution in [0.4, 0.5) is 0 Å². The normalized spacial score (nSPS) is 10.5. The van der Waals surface area contributed by atoms with Gasteiger partial charge < -0.3 is 18.9 Å². The van der Waals surface area contributed by atoms with E-state index in [2.05, 4.69) is 9.47 Å². The fourth-order valence-electron chi connectivity index (χ4n) is 0.201. The third-order valence-electron chi connectivity index (χ3n) is 1.22. The van der Waals surface area contributed by atoms with E-state index in [1.165, 1.54) is 0 Å². The van der Waals surface area contributed by atoms with E-state index in [1.807, 2.05) is 13.8 Å². The van der Waals surface area contributed by atoms with Crippen molar-refractivity contribution >= 4 is 0 Å². The van der Waals surface area contributed by atoms with Gasteiger partial charge in [0.15, 0.2) is 5.79 Å². The van der Waals surface area contributed by atoms with E-state index in [0.29, 0.717) is 6.79 Å². The zero-order chi connectivity index (χ0) is 10.0. The first-order valence-electron chi connectivity index (χ1n) is 3.62. The van der Waals surface area contributed by atoms with E-state index >= 15 is 0 Å². The molecular weight excluding hydrogens is 160 g/mol. The number of hydrogen-bond donors (Lipinski definition) is 0. The largest absolute Gasteiger partial charge is 0.359 e. The van der Waals surface area contributed by atoms with Crippen molar-refractivity contribution in [3.05, 3.63) is 0 Å². The van der Waals surface area contributed by atoms with Gasteiger partial charge in [-0.1, -0.05) is 0 Å². The van der Waals surface area contributed by atoms with Crippen LogP contribution in [0, 0.1) is 0 Å². The lowest BCUT2D eigenvalue weighted by Crippen LogP contribution is -2.24. The molecule has 0 radical (unpaired) electrons. The van der Waals surface area contributed by atoms with Crippen molar-refractivity contribution in [1.29, 1.82) is 0 Å². The van der Waals surface area contributed by atoms with Crippen molar-refractivity contribution in [3.8, 4) is 0 Å². The average Bonchev–Trinajstić information content (AvgIpc) is 2.07. The molecule has 0 aromatic carbocycles. The van der Waals surface area contributed by atoms with E-state index < -0.39 is 5.79 Å². The van der Waals surface area contributed by atoms with Crippen LogP contribution in [0.5, 0.6) is 0 Å². The van der Waals surface area contributed by atoms with E-state index in [9.17, 15) is 0 Å². The molecule has 0 unspecified atom stereocenters. The summed E-state index contributed by atoms with van der Waals surface area (Å²) in [7, 11) is 6.40. The second-order valence-corrected chi connectivity index (χ2v) is 2.50. The highest BCUT2D eigenvalue weighted by Crippen LogP contribution is 2.05. The molecule has 0 heterocycles. The maximum absolute atomic E-state index is 4.86. The molecule has 0 aromatic heterocycles. The predicted molar refractivity (Wildman–Crippen MR) is 47.0 cm³/mol. The Labute approximate surface area is 74.8 Å². The minimum Gasteiger partial charge on any atom is -0.359 e. The van der Waals surface area contributed by atoms with Gasteiger partial charge in [0.25, 0.3) is 0 Å². The Bertz CT molecular complexity index is 75.1. The Morgan fingerprint density at radius 2 is 1.17 bits per heavy atom. The topological polar surface area (TPSA) is 36.9 Å². The molecule has 4 heteroatoms. The summed E-state index contributed by atoms with van der Waals surface area (Å²) < 4.78 is 18.7. The second-order valence-electron chi connectivity index (χ2n) is 2.50. The maximum atomic E-state index is 4.86. The Morgan fingerprint density at radius 3 is 1.17 bits per heavy atom. The highest BCUT2D eigenvalue weighted by atomic mass is 16.7. The summed E-state index contributed by atoms with van der Waals surface area (Å²) in [6, 6.07) is 0. The van der Waals surface area contributed by atoms with Gasteiger partial charge in [0.05, 0.1) is 0 Å². The first-order chi connectivity index (χ1) is 5.54. The van der Waals surface area contributed by atoms with Gasteiger partial charge in [0.2, 0.25) is 0 Å². The Kier molecular flexibility index (Phi) is 10.7. The van der Waals surface area contributed by atoms with Gasteiger partial charge in [-0.05, 0) is 13.8 Å². The van der Waals surface area contributed by atoms with Gasteiger partial charge in [-0.2, -0.15) is 0 Å². The zero-order valence-electron chi connectivity index (χ0n) is 8.84. The minimum atomic E-state index is -0.417. The Hall–Kier alpha value is -0.160. The molecule has 0 aliphatic rings. The molecule has 0 N–H and O–H groups in total. The summed E-state index contributed by atoms with van der Waals surface area (Å²) in [4.78, 5) is 0. The van der Waals surface area contributed by atoms with Crippen LogP contribution in [0.15, 0.2) is 0 Å². The molecule has 0 rings (SSSR count). The van der Waals surface area contributed by atoms with Crippen LogP contribution in [0.3, 0.4) is 0 Å². The van der Waals surface area contributed by atoms with Gasteiger partial charge in [0.1, 0.15) is 6.79 Å². The molecule has 0 atom stereocenters. The van der Waals surface area contributed by atoms with E-state index in [4.69, 9.17) is 9.47 Å². The Balaban J connectivity index is 0. The van der Waals surface area contributed by atoms with E-state index in [0.717, 1.165) is 0 Å². The molecule has 0 aliphatic heterocycles. The molecule has 0 spiro atoms. The first-order valence-corrected chi connectivity index (χ1v) is 3.62. The van der Waals surface area contributed by atoms with Crippen molar-refractivity contribution in [3.63, 3.8) is 0 Å². The highest BCUT2D eigenvalue weighted by Gasteiger charge is 2.11. The summed E-state index contributed by atoms with van der Waals surface area (Å²) >= 11 is 0. The van der Waals surface area contributed by atoms with Gasteiger partial charge in [0, 0.05) is 28.4 Å². The average molecular weight is 180 g/mol. The SMILES string of the molecule is COC(C)(C)OC.COCOC. The van der Waals surface area contributed by atoms with Gasteiger partial charge in [-0.25, -0.2) is 0 Å². The summed E-state index contributed by atoms with van der Waals surface area (Å²) in [6.45, 7) is 4.10. The van der Waals surface area contributed by atoms with Crippen LogP contribution in [0.25, 0.3) is 0 Å².